The van der Waals surface area contributed by atoms with Gasteiger partial charge < -0.3 is 14.8 Å². The van der Waals surface area contributed by atoms with Crippen LogP contribution in [-0.4, -0.2) is 41.8 Å². The summed E-state index contributed by atoms with van der Waals surface area (Å²) >= 11 is 0.878. The Morgan fingerprint density at radius 1 is 0.941 bits per heavy atom. The minimum Gasteiger partial charge on any atom is -0.454 e. The summed E-state index contributed by atoms with van der Waals surface area (Å²) in [7, 11) is 0. The first kappa shape index (κ1) is 21.8. The number of imide groups is 1. The minimum atomic E-state index is -0.380. The Morgan fingerprint density at radius 3 is 2.47 bits per heavy atom. The van der Waals surface area contributed by atoms with Crippen LogP contribution in [0.25, 0.3) is 17.2 Å². The third-order valence-corrected chi connectivity index (χ3v) is 6.35. The quantitative estimate of drug-likeness (QED) is 0.530. The van der Waals surface area contributed by atoms with Crippen LogP contribution in [0.1, 0.15) is 15.9 Å². The molecule has 34 heavy (non-hydrogen) atoms. The van der Waals surface area contributed by atoms with Gasteiger partial charge in [0.2, 0.25) is 6.79 Å². The van der Waals surface area contributed by atoms with Gasteiger partial charge in [0.15, 0.2) is 11.5 Å². The van der Waals surface area contributed by atoms with E-state index in [0.29, 0.717) is 22.0 Å². The molecule has 3 aromatic rings. The molecular weight excluding hydrogens is 452 g/mol. The maximum absolute atomic E-state index is 12.7. The number of nitrogens with one attached hydrogen (secondary N) is 1. The predicted molar refractivity (Wildman–Crippen MR) is 129 cm³/mol. The molecule has 2 heterocycles. The highest BCUT2D eigenvalue weighted by Gasteiger charge is 2.34. The number of benzene rings is 3. The molecule has 0 radical (unpaired) electrons. The maximum Gasteiger partial charge on any atom is 0.293 e. The molecule has 1 N–H and O–H groups in total. The standard InChI is InChI=1S/C26H20N2O5S/c29-24(20-9-7-19(8-10-20)18-4-2-1-3-5-18)27-12-13-28-25(30)23(34-26(28)31)15-17-6-11-21-22(14-17)33-16-32-21/h1-11,14-15H,12-13,16H2,(H,27,29)/b23-15-. The van der Waals surface area contributed by atoms with Gasteiger partial charge in [-0.15, -0.1) is 0 Å². The first-order chi connectivity index (χ1) is 16.6. The van der Waals surface area contributed by atoms with Gasteiger partial charge in [-0.1, -0.05) is 48.5 Å². The normalized spacial score (nSPS) is 15.8. The molecule has 3 aromatic carbocycles. The Bertz CT molecular complexity index is 1290. The van der Waals surface area contributed by atoms with Crippen molar-refractivity contribution >= 4 is 34.9 Å². The molecular formula is C26H20N2O5S. The van der Waals surface area contributed by atoms with Crippen LogP contribution in [0.4, 0.5) is 4.79 Å². The Hall–Kier alpha value is -4.04. The second kappa shape index (κ2) is 9.44. The molecule has 8 heteroatoms. The van der Waals surface area contributed by atoms with E-state index in [9.17, 15) is 14.4 Å². The van der Waals surface area contributed by atoms with Crippen molar-refractivity contribution in [2.24, 2.45) is 0 Å². The Labute approximate surface area is 200 Å². The summed E-state index contributed by atoms with van der Waals surface area (Å²) in [6, 6.07) is 22.5. The topological polar surface area (TPSA) is 84.9 Å². The molecule has 7 nitrogen and oxygen atoms in total. The summed E-state index contributed by atoms with van der Waals surface area (Å²) in [6.07, 6.45) is 1.65. The number of rotatable bonds is 6. The number of fused-ring (bicyclic) bond motifs is 1. The van der Waals surface area contributed by atoms with Gasteiger partial charge in [-0.2, -0.15) is 0 Å². The summed E-state index contributed by atoms with van der Waals surface area (Å²) in [6.45, 7) is 0.420. The Kier molecular flexibility index (Phi) is 6.05. The molecule has 3 amide bonds. The zero-order valence-electron chi connectivity index (χ0n) is 18.0. The Morgan fingerprint density at radius 2 is 1.68 bits per heavy atom. The van der Waals surface area contributed by atoms with Crippen LogP contribution in [0.15, 0.2) is 77.7 Å². The van der Waals surface area contributed by atoms with E-state index >= 15 is 0 Å². The second-order valence-corrected chi connectivity index (χ2v) is 8.64. The molecule has 5 rings (SSSR count). The SMILES string of the molecule is O=C(NCCN1C(=O)S/C(=C\c2ccc3c(c2)OCO3)C1=O)c1ccc(-c2ccccc2)cc1. The highest BCUT2D eigenvalue weighted by molar-refractivity contribution is 8.18. The molecule has 0 spiro atoms. The summed E-state index contributed by atoms with van der Waals surface area (Å²) < 4.78 is 10.6. The highest BCUT2D eigenvalue weighted by Crippen LogP contribution is 2.36. The summed E-state index contributed by atoms with van der Waals surface area (Å²) in [5.41, 5.74) is 3.34. The number of amides is 3. The van der Waals surface area contributed by atoms with E-state index in [0.717, 1.165) is 33.4 Å². The fraction of sp³-hybridized carbons (Fsp3) is 0.115. The molecule has 0 aromatic heterocycles. The first-order valence-corrected chi connectivity index (χ1v) is 11.5. The molecule has 0 atom stereocenters. The number of hydrogen-bond acceptors (Lipinski definition) is 6. The maximum atomic E-state index is 12.7. The lowest BCUT2D eigenvalue weighted by molar-refractivity contribution is -0.122. The van der Waals surface area contributed by atoms with E-state index in [1.54, 1.807) is 36.4 Å². The summed E-state index contributed by atoms with van der Waals surface area (Å²) in [5.74, 6) is 0.611. The van der Waals surface area contributed by atoms with Gasteiger partial charge in [-0.05, 0) is 58.8 Å². The van der Waals surface area contributed by atoms with Crippen molar-refractivity contribution in [3.05, 3.63) is 88.8 Å². The molecule has 0 aliphatic carbocycles. The van der Waals surface area contributed by atoms with Gasteiger partial charge >= 0.3 is 0 Å². The molecule has 170 valence electrons. The van der Waals surface area contributed by atoms with Crippen LogP contribution < -0.4 is 14.8 Å². The highest BCUT2D eigenvalue weighted by atomic mass is 32.2. The van der Waals surface area contributed by atoms with E-state index in [4.69, 9.17) is 9.47 Å². The lowest BCUT2D eigenvalue weighted by Gasteiger charge is -2.13. The van der Waals surface area contributed by atoms with Crippen LogP contribution in [0, 0.1) is 0 Å². The van der Waals surface area contributed by atoms with Crippen molar-refractivity contribution in [1.29, 1.82) is 0 Å². The van der Waals surface area contributed by atoms with Gasteiger partial charge in [-0.3, -0.25) is 19.3 Å². The van der Waals surface area contributed by atoms with Crippen LogP contribution >= 0.6 is 11.8 Å². The van der Waals surface area contributed by atoms with Crippen molar-refractivity contribution in [3.63, 3.8) is 0 Å². The summed E-state index contributed by atoms with van der Waals surface area (Å²) in [4.78, 5) is 39.0. The van der Waals surface area contributed by atoms with E-state index in [-0.39, 0.29) is 36.9 Å². The third kappa shape index (κ3) is 4.53. The summed E-state index contributed by atoms with van der Waals surface area (Å²) in [5, 5.41) is 2.41. The average Bonchev–Trinajstić information content (AvgIpc) is 3.44. The number of ether oxygens (including phenoxy) is 2. The zero-order valence-corrected chi connectivity index (χ0v) is 18.8. The fourth-order valence-corrected chi connectivity index (χ4v) is 4.54. The lowest BCUT2D eigenvalue weighted by atomic mass is 10.0. The van der Waals surface area contributed by atoms with E-state index in [2.05, 4.69) is 5.32 Å². The first-order valence-electron chi connectivity index (χ1n) is 10.7. The van der Waals surface area contributed by atoms with Gasteiger partial charge in [0, 0.05) is 18.7 Å². The minimum absolute atomic E-state index is 0.0942. The number of hydrogen-bond donors (Lipinski definition) is 1. The van der Waals surface area contributed by atoms with Crippen molar-refractivity contribution in [2.45, 2.75) is 0 Å². The second-order valence-electron chi connectivity index (χ2n) is 7.65. The predicted octanol–water partition coefficient (Wildman–Crippen LogP) is 4.55. The molecule has 0 unspecified atom stereocenters. The van der Waals surface area contributed by atoms with Crippen molar-refractivity contribution in [3.8, 4) is 22.6 Å². The number of nitrogens with zero attached hydrogens (tertiary/aromatic N) is 1. The van der Waals surface area contributed by atoms with Crippen LogP contribution in [-0.2, 0) is 4.79 Å². The van der Waals surface area contributed by atoms with Gasteiger partial charge in [-0.25, -0.2) is 0 Å². The molecule has 1 saturated heterocycles. The third-order valence-electron chi connectivity index (χ3n) is 5.44. The molecule has 2 aliphatic heterocycles. The van der Waals surface area contributed by atoms with E-state index in [1.165, 1.54) is 0 Å². The Balaban J connectivity index is 1.17. The van der Waals surface area contributed by atoms with Gasteiger partial charge in [0.1, 0.15) is 0 Å². The molecule has 0 saturated carbocycles. The van der Waals surface area contributed by atoms with Gasteiger partial charge in [0.25, 0.3) is 17.1 Å². The molecule has 0 bridgehead atoms. The van der Waals surface area contributed by atoms with Gasteiger partial charge in [0.05, 0.1) is 4.91 Å². The fourth-order valence-electron chi connectivity index (χ4n) is 3.68. The van der Waals surface area contributed by atoms with Crippen molar-refractivity contribution in [2.75, 3.05) is 19.9 Å². The van der Waals surface area contributed by atoms with Crippen LogP contribution in [0.5, 0.6) is 11.5 Å². The largest absolute Gasteiger partial charge is 0.454 e. The molecule has 2 aliphatic rings. The lowest BCUT2D eigenvalue weighted by Crippen LogP contribution is -2.37. The average molecular weight is 473 g/mol. The smallest absolute Gasteiger partial charge is 0.293 e. The van der Waals surface area contributed by atoms with Crippen LogP contribution in [0.2, 0.25) is 0 Å². The zero-order chi connectivity index (χ0) is 23.5. The van der Waals surface area contributed by atoms with Crippen molar-refractivity contribution in [1.82, 2.24) is 10.2 Å². The number of carbonyl (C=O) groups is 3. The van der Waals surface area contributed by atoms with E-state index in [1.807, 2.05) is 42.5 Å². The monoisotopic (exact) mass is 472 g/mol. The molecule has 1 fully saturated rings. The van der Waals surface area contributed by atoms with E-state index < -0.39 is 0 Å². The number of carbonyl (C=O) groups excluding carboxylic acids is 3. The van der Waals surface area contributed by atoms with Crippen molar-refractivity contribution < 1.29 is 23.9 Å². The number of thioether (sulfide) groups is 1. The van der Waals surface area contributed by atoms with Crippen LogP contribution in [0.3, 0.4) is 0 Å².